The first kappa shape index (κ1) is 18.3. The molecule has 3 atom stereocenters. The number of hydrogen-bond donors (Lipinski definition) is 4. The topological polar surface area (TPSA) is 80.9 Å². The normalized spacial score (nSPS) is 15.3. The summed E-state index contributed by atoms with van der Waals surface area (Å²) in [5.41, 5.74) is 0. The van der Waals surface area contributed by atoms with Gasteiger partial charge in [-0.1, -0.05) is 36.4 Å². The first-order chi connectivity index (χ1) is 11.1. The number of benzene rings is 2. The van der Waals surface area contributed by atoms with E-state index in [4.69, 9.17) is 5.11 Å². The number of hydrogen-bond acceptors (Lipinski definition) is 6. The molecule has 0 aliphatic heterocycles. The molecule has 0 amide bonds. The largest absolute Gasteiger partial charge is 0.394 e. The van der Waals surface area contributed by atoms with Crippen LogP contribution in [-0.4, -0.2) is 49.9 Å². The summed E-state index contributed by atoms with van der Waals surface area (Å²) in [6.07, 6.45) is -4.00. The van der Waals surface area contributed by atoms with Gasteiger partial charge in [0.05, 0.1) is 11.2 Å². The zero-order chi connectivity index (χ0) is 16.7. The molecule has 0 aromatic heterocycles. The predicted molar refractivity (Wildman–Crippen MR) is 93.5 cm³/mol. The van der Waals surface area contributed by atoms with E-state index in [1.165, 1.54) is 23.5 Å². The fraction of sp³-hybridized carbons (Fsp3) is 0.294. The third kappa shape index (κ3) is 5.53. The highest BCUT2D eigenvalue weighted by Crippen LogP contribution is 2.38. The lowest BCUT2D eigenvalue weighted by molar-refractivity contribution is -0.0706. The molecule has 23 heavy (non-hydrogen) atoms. The minimum absolute atomic E-state index is 0.434. The molecule has 0 aliphatic carbocycles. The molecule has 0 heterocycles. The molecule has 4 N–H and O–H groups in total. The van der Waals surface area contributed by atoms with E-state index >= 15 is 0 Å². The van der Waals surface area contributed by atoms with Crippen LogP contribution in [0, 0.1) is 0 Å². The van der Waals surface area contributed by atoms with Gasteiger partial charge in [-0.15, -0.1) is 23.5 Å². The Morgan fingerprint density at radius 1 is 0.696 bits per heavy atom. The average Bonchev–Trinajstić information content (AvgIpc) is 2.61. The van der Waals surface area contributed by atoms with Crippen LogP contribution >= 0.6 is 23.5 Å². The van der Waals surface area contributed by atoms with Crippen LogP contribution in [0.15, 0.2) is 70.5 Å². The summed E-state index contributed by atoms with van der Waals surface area (Å²) in [4.78, 5) is 1.90. The monoisotopic (exact) mass is 352 g/mol. The van der Waals surface area contributed by atoms with Gasteiger partial charge in [-0.05, 0) is 24.3 Å². The molecule has 0 aliphatic rings. The lowest BCUT2D eigenvalue weighted by Crippen LogP contribution is -2.43. The summed E-state index contributed by atoms with van der Waals surface area (Å²) in [5, 5.41) is 39.0. The molecule has 2 rings (SSSR count). The second-order valence-corrected chi connectivity index (χ2v) is 7.69. The Hall–Kier alpha value is -1.02. The summed E-state index contributed by atoms with van der Waals surface area (Å²) in [6, 6.07) is 19.1. The van der Waals surface area contributed by atoms with E-state index in [1.54, 1.807) is 0 Å². The fourth-order valence-electron chi connectivity index (χ4n) is 1.93. The van der Waals surface area contributed by atoms with Crippen molar-refractivity contribution >= 4 is 23.5 Å². The highest BCUT2D eigenvalue weighted by atomic mass is 32.2. The van der Waals surface area contributed by atoms with Crippen LogP contribution in [0.1, 0.15) is 0 Å². The molecule has 0 fully saturated rings. The van der Waals surface area contributed by atoms with Gasteiger partial charge in [-0.2, -0.15) is 0 Å². The molecule has 0 saturated carbocycles. The van der Waals surface area contributed by atoms with Crippen LogP contribution < -0.4 is 0 Å². The number of aliphatic hydroxyl groups is 4. The van der Waals surface area contributed by atoms with Crippen molar-refractivity contribution in [1.82, 2.24) is 0 Å². The van der Waals surface area contributed by atoms with Crippen LogP contribution in [0.4, 0.5) is 0 Å². The van der Waals surface area contributed by atoms with Gasteiger partial charge < -0.3 is 20.4 Å². The van der Waals surface area contributed by atoms with Gasteiger partial charge in [0.15, 0.2) is 0 Å². The molecule has 2 aromatic carbocycles. The molecule has 4 nitrogen and oxygen atoms in total. The molecule has 0 bridgehead atoms. The van der Waals surface area contributed by atoms with E-state index in [0.29, 0.717) is 0 Å². The Labute approximate surface area is 144 Å². The number of aliphatic hydroxyl groups excluding tert-OH is 4. The van der Waals surface area contributed by atoms with E-state index < -0.39 is 29.5 Å². The van der Waals surface area contributed by atoms with Crippen molar-refractivity contribution in [3.05, 3.63) is 60.7 Å². The highest BCUT2D eigenvalue weighted by molar-refractivity contribution is 8.17. The third-order valence-electron chi connectivity index (χ3n) is 3.20. The zero-order valence-electron chi connectivity index (χ0n) is 12.4. The third-order valence-corrected chi connectivity index (χ3v) is 5.89. The molecule has 0 spiro atoms. The standard InChI is InChI=1S/C17H20O4S2/c18-11-14(19)15(20)16(21)17(22-12-7-3-1-4-8-12)23-13-9-5-2-6-10-13/h1-10,14-21H,11H2/t14-,15+,16-/m1/s1. The number of thioether (sulfide) groups is 2. The maximum Gasteiger partial charge on any atom is 0.110 e. The first-order valence-corrected chi connectivity index (χ1v) is 8.96. The number of rotatable bonds is 8. The molecule has 6 heteroatoms. The predicted octanol–water partition coefficient (Wildman–Crippen LogP) is 1.97. The van der Waals surface area contributed by atoms with Crippen LogP contribution in [0.25, 0.3) is 0 Å². The van der Waals surface area contributed by atoms with Gasteiger partial charge in [-0.3, -0.25) is 0 Å². The van der Waals surface area contributed by atoms with E-state index in [1.807, 2.05) is 60.7 Å². The molecular formula is C17H20O4S2. The molecule has 0 radical (unpaired) electrons. The van der Waals surface area contributed by atoms with Crippen LogP contribution in [-0.2, 0) is 0 Å². The average molecular weight is 352 g/mol. The Morgan fingerprint density at radius 2 is 1.13 bits per heavy atom. The van der Waals surface area contributed by atoms with Crippen molar-refractivity contribution in [3.63, 3.8) is 0 Å². The second kappa shape index (κ2) is 9.32. The molecular weight excluding hydrogens is 332 g/mol. The lowest BCUT2D eigenvalue weighted by atomic mass is 10.1. The fourth-order valence-corrected chi connectivity index (χ4v) is 4.55. The summed E-state index contributed by atoms with van der Waals surface area (Å²) in [7, 11) is 0. The van der Waals surface area contributed by atoms with Gasteiger partial charge in [0.2, 0.25) is 0 Å². The maximum atomic E-state index is 10.4. The van der Waals surface area contributed by atoms with E-state index in [0.717, 1.165) is 9.79 Å². The van der Waals surface area contributed by atoms with Crippen molar-refractivity contribution in [3.8, 4) is 0 Å². The van der Waals surface area contributed by atoms with Crippen molar-refractivity contribution < 1.29 is 20.4 Å². The minimum Gasteiger partial charge on any atom is -0.394 e. The van der Waals surface area contributed by atoms with E-state index in [2.05, 4.69) is 0 Å². The maximum absolute atomic E-state index is 10.4. The van der Waals surface area contributed by atoms with Gasteiger partial charge >= 0.3 is 0 Å². The molecule has 0 saturated heterocycles. The van der Waals surface area contributed by atoms with Crippen LogP contribution in [0.3, 0.4) is 0 Å². The van der Waals surface area contributed by atoms with Crippen molar-refractivity contribution in [2.45, 2.75) is 32.7 Å². The SMILES string of the molecule is OC[C@@H](O)[C@H](O)[C@@H](O)C(Sc1ccccc1)Sc1ccccc1. The highest BCUT2D eigenvalue weighted by Gasteiger charge is 2.32. The lowest BCUT2D eigenvalue weighted by Gasteiger charge is -2.28. The van der Waals surface area contributed by atoms with Crippen molar-refractivity contribution in [2.24, 2.45) is 0 Å². The van der Waals surface area contributed by atoms with Gasteiger partial charge in [-0.25, -0.2) is 0 Å². The summed E-state index contributed by atoms with van der Waals surface area (Å²) < 4.78 is -0.434. The molecule has 124 valence electrons. The smallest absolute Gasteiger partial charge is 0.110 e. The van der Waals surface area contributed by atoms with Gasteiger partial charge in [0, 0.05) is 9.79 Å². The van der Waals surface area contributed by atoms with E-state index in [9.17, 15) is 15.3 Å². The zero-order valence-corrected chi connectivity index (χ0v) is 14.0. The Kier molecular flexibility index (Phi) is 7.42. The minimum atomic E-state index is -1.42. The van der Waals surface area contributed by atoms with Crippen molar-refractivity contribution in [1.29, 1.82) is 0 Å². The summed E-state index contributed by atoms with van der Waals surface area (Å²) in [6.45, 7) is -0.600. The van der Waals surface area contributed by atoms with Crippen molar-refractivity contribution in [2.75, 3.05) is 6.61 Å². The summed E-state index contributed by atoms with van der Waals surface area (Å²) in [5.74, 6) is 0. The van der Waals surface area contributed by atoms with Crippen LogP contribution in [0.5, 0.6) is 0 Å². The molecule has 2 aromatic rings. The van der Waals surface area contributed by atoms with Gasteiger partial charge in [0.25, 0.3) is 0 Å². The van der Waals surface area contributed by atoms with Gasteiger partial charge in [0.1, 0.15) is 18.3 Å². The first-order valence-electron chi connectivity index (χ1n) is 7.20. The van der Waals surface area contributed by atoms with E-state index in [-0.39, 0.29) is 0 Å². The Bertz CT molecular complexity index is 526. The van der Waals surface area contributed by atoms with Crippen LogP contribution in [0.2, 0.25) is 0 Å². The Balaban J connectivity index is 2.16. The Morgan fingerprint density at radius 3 is 1.52 bits per heavy atom. The molecule has 0 unspecified atom stereocenters. The quantitative estimate of drug-likeness (QED) is 0.430. The second-order valence-electron chi connectivity index (χ2n) is 4.96. The summed E-state index contributed by atoms with van der Waals surface area (Å²) >= 11 is 2.82.